The largest absolute Gasteiger partial charge is 0.378 e. The lowest BCUT2D eigenvalue weighted by Crippen LogP contribution is -2.41. The van der Waals surface area contributed by atoms with Gasteiger partial charge in [-0.25, -0.2) is 8.42 Å². The van der Waals surface area contributed by atoms with Crippen LogP contribution in [0, 0.1) is 6.92 Å². The van der Waals surface area contributed by atoms with Crippen molar-refractivity contribution in [2.45, 2.75) is 11.8 Å². The van der Waals surface area contributed by atoms with E-state index in [4.69, 9.17) is 0 Å². The van der Waals surface area contributed by atoms with Gasteiger partial charge in [-0.2, -0.15) is 0 Å². The maximum Gasteiger partial charge on any atom is 0.281 e. The van der Waals surface area contributed by atoms with Crippen LogP contribution in [-0.4, -0.2) is 34.3 Å². The Balaban J connectivity index is 1.71. The molecule has 10 heteroatoms. The normalized spacial score (nSPS) is 10.9. The number of sulfonamides is 1. The fourth-order valence-electron chi connectivity index (χ4n) is 2.67. The second kappa shape index (κ2) is 9.19. The van der Waals surface area contributed by atoms with E-state index in [1.165, 1.54) is 11.4 Å². The molecule has 162 valence electrons. The number of benzene rings is 2. The highest BCUT2D eigenvalue weighted by Crippen LogP contribution is 2.24. The SMILES string of the molecule is Cc1ccc(NS(=O)(=O)c2ccsc2C(=O)NNC(=O)c2cccc(N(C)C)c2)cc1. The summed E-state index contributed by atoms with van der Waals surface area (Å²) in [6.07, 6.45) is 0. The van der Waals surface area contributed by atoms with E-state index in [0.717, 1.165) is 22.6 Å². The number of anilines is 2. The molecular weight excluding hydrogens is 436 g/mol. The van der Waals surface area contributed by atoms with Crippen LogP contribution in [0.25, 0.3) is 0 Å². The van der Waals surface area contributed by atoms with Crippen molar-refractivity contribution >= 4 is 44.5 Å². The summed E-state index contributed by atoms with van der Waals surface area (Å²) in [5.74, 6) is -1.24. The standard InChI is InChI=1S/C21H22N4O4S2/c1-14-7-9-16(10-8-14)24-31(28,29)18-11-12-30-19(18)21(27)23-22-20(26)15-5-4-6-17(13-15)25(2)3/h4-13,24H,1-3H3,(H,22,26)(H,23,27). The minimum Gasteiger partial charge on any atom is -0.378 e. The molecule has 0 aliphatic carbocycles. The lowest BCUT2D eigenvalue weighted by atomic mass is 10.2. The van der Waals surface area contributed by atoms with Crippen molar-refractivity contribution in [2.24, 2.45) is 0 Å². The van der Waals surface area contributed by atoms with Crippen LogP contribution in [-0.2, 0) is 10.0 Å². The van der Waals surface area contributed by atoms with Crippen LogP contribution in [0.3, 0.4) is 0 Å². The van der Waals surface area contributed by atoms with Crippen LogP contribution in [0.1, 0.15) is 25.6 Å². The van der Waals surface area contributed by atoms with E-state index in [1.54, 1.807) is 42.5 Å². The van der Waals surface area contributed by atoms with Crippen molar-refractivity contribution < 1.29 is 18.0 Å². The Hall–Kier alpha value is -3.37. The fraction of sp³-hybridized carbons (Fsp3) is 0.143. The summed E-state index contributed by atoms with van der Waals surface area (Å²) < 4.78 is 28.0. The number of nitrogens with one attached hydrogen (secondary N) is 3. The molecule has 0 bridgehead atoms. The van der Waals surface area contributed by atoms with Crippen molar-refractivity contribution in [3.8, 4) is 0 Å². The number of aryl methyl sites for hydroxylation is 1. The lowest BCUT2D eigenvalue weighted by molar-refractivity contribution is 0.0847. The quantitative estimate of drug-likeness (QED) is 0.492. The van der Waals surface area contributed by atoms with Crippen LogP contribution in [0.5, 0.6) is 0 Å². The Morgan fingerprint density at radius 3 is 2.29 bits per heavy atom. The molecule has 3 rings (SSSR count). The monoisotopic (exact) mass is 458 g/mol. The first-order chi connectivity index (χ1) is 14.7. The molecule has 8 nitrogen and oxygen atoms in total. The van der Waals surface area contributed by atoms with Gasteiger partial charge < -0.3 is 4.90 Å². The topological polar surface area (TPSA) is 108 Å². The van der Waals surface area contributed by atoms with E-state index in [0.29, 0.717) is 11.3 Å². The summed E-state index contributed by atoms with van der Waals surface area (Å²) in [5, 5.41) is 1.50. The third-order valence-electron chi connectivity index (χ3n) is 4.34. The summed E-state index contributed by atoms with van der Waals surface area (Å²) in [6.45, 7) is 1.89. The van der Waals surface area contributed by atoms with Crippen LogP contribution < -0.4 is 20.5 Å². The summed E-state index contributed by atoms with van der Waals surface area (Å²) in [5.41, 5.74) is 7.16. The van der Waals surface area contributed by atoms with Gasteiger partial charge in [-0.15, -0.1) is 11.3 Å². The third kappa shape index (κ3) is 5.41. The molecule has 0 saturated heterocycles. The number of hydrogen-bond donors (Lipinski definition) is 3. The van der Waals surface area contributed by atoms with Gasteiger partial charge in [-0.3, -0.25) is 25.2 Å². The number of carbonyl (C=O) groups is 2. The Labute approximate surface area is 184 Å². The number of amides is 2. The predicted molar refractivity (Wildman–Crippen MR) is 122 cm³/mol. The molecule has 0 aliphatic heterocycles. The van der Waals surface area contributed by atoms with Gasteiger partial charge >= 0.3 is 0 Å². The Kier molecular flexibility index (Phi) is 6.62. The van der Waals surface area contributed by atoms with Gasteiger partial charge in [0.25, 0.3) is 21.8 Å². The number of rotatable bonds is 6. The van der Waals surface area contributed by atoms with Crippen LogP contribution >= 0.6 is 11.3 Å². The highest BCUT2D eigenvalue weighted by atomic mass is 32.2. The predicted octanol–water partition coefficient (Wildman–Crippen LogP) is 3.00. The van der Waals surface area contributed by atoms with E-state index < -0.39 is 21.8 Å². The molecule has 0 saturated carbocycles. The second-order valence-electron chi connectivity index (χ2n) is 6.94. The lowest BCUT2D eigenvalue weighted by Gasteiger charge is -2.14. The highest BCUT2D eigenvalue weighted by molar-refractivity contribution is 7.93. The minimum atomic E-state index is -3.98. The highest BCUT2D eigenvalue weighted by Gasteiger charge is 2.24. The van der Waals surface area contributed by atoms with E-state index in [2.05, 4.69) is 15.6 Å². The molecule has 0 fully saturated rings. The van der Waals surface area contributed by atoms with Crippen molar-refractivity contribution in [3.63, 3.8) is 0 Å². The van der Waals surface area contributed by atoms with Gasteiger partial charge in [0.15, 0.2) is 0 Å². The molecule has 31 heavy (non-hydrogen) atoms. The van der Waals surface area contributed by atoms with Crippen molar-refractivity contribution in [1.82, 2.24) is 10.9 Å². The van der Waals surface area contributed by atoms with Crippen molar-refractivity contribution in [1.29, 1.82) is 0 Å². The first kappa shape index (κ1) is 22.3. The maximum atomic E-state index is 12.8. The molecule has 1 aromatic heterocycles. The van der Waals surface area contributed by atoms with Gasteiger partial charge in [0.1, 0.15) is 9.77 Å². The molecule has 2 amide bonds. The zero-order valence-electron chi connectivity index (χ0n) is 17.2. The third-order valence-corrected chi connectivity index (χ3v) is 6.81. The van der Waals surface area contributed by atoms with Gasteiger partial charge in [0.2, 0.25) is 0 Å². The van der Waals surface area contributed by atoms with Crippen LogP contribution in [0.4, 0.5) is 11.4 Å². The first-order valence-electron chi connectivity index (χ1n) is 9.22. The maximum absolute atomic E-state index is 12.8. The molecule has 0 atom stereocenters. The molecule has 2 aromatic carbocycles. The minimum absolute atomic E-state index is 0.0399. The van der Waals surface area contributed by atoms with Gasteiger partial charge in [-0.05, 0) is 48.7 Å². The summed E-state index contributed by atoms with van der Waals surface area (Å²) in [7, 11) is -0.284. The smallest absolute Gasteiger partial charge is 0.281 e. The van der Waals surface area contributed by atoms with Crippen molar-refractivity contribution in [3.05, 3.63) is 76.0 Å². The van der Waals surface area contributed by atoms with E-state index in [9.17, 15) is 18.0 Å². The van der Waals surface area contributed by atoms with E-state index in [-0.39, 0.29) is 9.77 Å². The van der Waals surface area contributed by atoms with Crippen LogP contribution in [0.15, 0.2) is 64.9 Å². The second-order valence-corrected chi connectivity index (χ2v) is 9.51. The number of thiophene rings is 1. The molecule has 0 radical (unpaired) electrons. The average Bonchev–Trinajstić information content (AvgIpc) is 3.24. The number of hydrazine groups is 1. The molecule has 0 aliphatic rings. The Morgan fingerprint density at radius 2 is 1.61 bits per heavy atom. The molecule has 3 N–H and O–H groups in total. The molecule has 0 spiro atoms. The van der Waals surface area contributed by atoms with Gasteiger partial charge in [0, 0.05) is 31.0 Å². The van der Waals surface area contributed by atoms with Crippen LogP contribution in [0.2, 0.25) is 0 Å². The first-order valence-corrected chi connectivity index (χ1v) is 11.6. The molecule has 1 heterocycles. The molecule has 3 aromatic rings. The Morgan fingerprint density at radius 1 is 0.935 bits per heavy atom. The van der Waals surface area contributed by atoms with Gasteiger partial charge in [-0.1, -0.05) is 23.8 Å². The Bertz CT molecular complexity index is 1200. The summed E-state index contributed by atoms with van der Waals surface area (Å²) in [4.78, 5) is 26.6. The van der Waals surface area contributed by atoms with Crippen molar-refractivity contribution in [2.75, 3.05) is 23.7 Å². The van der Waals surface area contributed by atoms with Gasteiger partial charge in [0.05, 0.1) is 0 Å². The average molecular weight is 459 g/mol. The number of hydrogen-bond acceptors (Lipinski definition) is 6. The zero-order chi connectivity index (χ0) is 22.6. The number of nitrogens with zero attached hydrogens (tertiary/aromatic N) is 1. The van der Waals surface area contributed by atoms with E-state index >= 15 is 0 Å². The molecular formula is C21H22N4O4S2. The number of carbonyl (C=O) groups excluding carboxylic acids is 2. The summed E-state index contributed by atoms with van der Waals surface area (Å²) in [6, 6.07) is 15.0. The zero-order valence-corrected chi connectivity index (χ0v) is 18.8. The van der Waals surface area contributed by atoms with E-state index in [1.807, 2.05) is 32.0 Å². The molecule has 0 unspecified atom stereocenters. The summed E-state index contributed by atoms with van der Waals surface area (Å²) >= 11 is 0.962. The fourth-order valence-corrected chi connectivity index (χ4v) is 5.06.